The summed E-state index contributed by atoms with van der Waals surface area (Å²) < 4.78 is 27.5. The molecule has 0 radical (unpaired) electrons. The third-order valence-corrected chi connectivity index (χ3v) is 5.45. The number of hydrogen-bond acceptors (Lipinski definition) is 5. The van der Waals surface area contributed by atoms with Gasteiger partial charge >= 0.3 is 0 Å². The van der Waals surface area contributed by atoms with Crippen molar-refractivity contribution < 1.29 is 13.6 Å². The normalized spacial score (nSPS) is 11.5. The predicted molar refractivity (Wildman–Crippen MR) is 109 cm³/mol. The monoisotopic (exact) mass is 416 g/mol. The minimum absolute atomic E-state index is 0.0184. The summed E-state index contributed by atoms with van der Waals surface area (Å²) >= 11 is 1.23. The van der Waals surface area contributed by atoms with Gasteiger partial charge in [-0.15, -0.1) is 11.3 Å². The molecule has 5 nitrogen and oxygen atoms in total. The van der Waals surface area contributed by atoms with E-state index in [0.717, 1.165) is 11.3 Å². The molecule has 152 valence electrons. The maximum atomic E-state index is 13.8. The lowest BCUT2D eigenvalue weighted by Crippen LogP contribution is -2.30. The Morgan fingerprint density at radius 1 is 1.21 bits per heavy atom. The van der Waals surface area contributed by atoms with Gasteiger partial charge in [0.05, 0.1) is 22.5 Å². The van der Waals surface area contributed by atoms with Crippen molar-refractivity contribution in [3.8, 4) is 10.4 Å². The van der Waals surface area contributed by atoms with Crippen molar-refractivity contribution in [1.82, 2.24) is 15.3 Å². The second-order valence-corrected chi connectivity index (χ2v) is 8.52. The number of carbonyl (C=O) groups is 1. The first-order valence-corrected chi connectivity index (χ1v) is 9.87. The zero-order valence-corrected chi connectivity index (χ0v) is 17.2. The Bertz CT molecular complexity index is 1020. The SMILES string of the molecule is Cc1c(F)cc(-c2cnc(CC(=O)NCc3ccnc(C(C)(C)N)c3)s2)cc1F. The molecule has 0 fully saturated rings. The van der Waals surface area contributed by atoms with Crippen molar-refractivity contribution in [2.45, 2.75) is 39.3 Å². The highest BCUT2D eigenvalue weighted by Crippen LogP contribution is 2.29. The smallest absolute Gasteiger partial charge is 0.227 e. The summed E-state index contributed by atoms with van der Waals surface area (Å²) in [5, 5.41) is 3.41. The van der Waals surface area contributed by atoms with Gasteiger partial charge in [-0.1, -0.05) is 0 Å². The van der Waals surface area contributed by atoms with Crippen molar-refractivity contribution in [3.63, 3.8) is 0 Å². The highest BCUT2D eigenvalue weighted by atomic mass is 32.1. The highest BCUT2D eigenvalue weighted by molar-refractivity contribution is 7.15. The fraction of sp³-hybridized carbons (Fsp3) is 0.286. The molecule has 0 atom stereocenters. The number of nitrogens with zero attached hydrogens (tertiary/aromatic N) is 2. The molecule has 2 aromatic heterocycles. The summed E-state index contributed by atoms with van der Waals surface area (Å²) in [7, 11) is 0. The average molecular weight is 416 g/mol. The molecule has 0 spiro atoms. The van der Waals surface area contributed by atoms with E-state index in [1.807, 2.05) is 26.0 Å². The number of thiazole rings is 1. The number of amides is 1. The molecule has 0 aliphatic rings. The molecule has 0 aliphatic carbocycles. The number of benzene rings is 1. The molecule has 1 amide bonds. The first-order chi connectivity index (χ1) is 13.6. The number of rotatable bonds is 6. The van der Waals surface area contributed by atoms with Crippen LogP contribution in [0, 0.1) is 18.6 Å². The van der Waals surface area contributed by atoms with Crippen molar-refractivity contribution in [3.05, 3.63) is 70.1 Å². The van der Waals surface area contributed by atoms with Crippen molar-refractivity contribution in [2.24, 2.45) is 5.73 Å². The Morgan fingerprint density at radius 2 is 1.90 bits per heavy atom. The Hall–Kier alpha value is -2.71. The van der Waals surface area contributed by atoms with Crippen LogP contribution in [0.3, 0.4) is 0 Å². The van der Waals surface area contributed by atoms with E-state index in [1.165, 1.54) is 36.6 Å². The van der Waals surface area contributed by atoms with Gasteiger partial charge in [-0.25, -0.2) is 13.8 Å². The van der Waals surface area contributed by atoms with E-state index in [1.54, 1.807) is 6.20 Å². The van der Waals surface area contributed by atoms with E-state index in [9.17, 15) is 13.6 Å². The van der Waals surface area contributed by atoms with E-state index >= 15 is 0 Å². The first kappa shape index (κ1) is 21.0. The van der Waals surface area contributed by atoms with Gasteiger partial charge in [0.1, 0.15) is 16.6 Å². The van der Waals surface area contributed by atoms with Crippen LogP contribution < -0.4 is 11.1 Å². The summed E-state index contributed by atoms with van der Waals surface area (Å²) in [6.07, 6.45) is 3.27. The molecular weight excluding hydrogens is 394 g/mol. The van der Waals surface area contributed by atoms with Gasteiger partial charge in [0.2, 0.25) is 5.91 Å². The van der Waals surface area contributed by atoms with Crippen LogP contribution in [0.5, 0.6) is 0 Å². The van der Waals surface area contributed by atoms with Gasteiger partial charge < -0.3 is 11.1 Å². The van der Waals surface area contributed by atoms with Crippen LogP contribution in [0.4, 0.5) is 8.78 Å². The van der Waals surface area contributed by atoms with E-state index in [0.29, 0.717) is 22.0 Å². The standard InChI is InChI=1S/C21H22F2N4OS/c1-12-15(22)7-14(8-16(12)23)17-11-27-20(29-17)9-19(28)26-10-13-4-5-25-18(6-13)21(2,3)24/h4-8,11H,9-10,24H2,1-3H3,(H,26,28). The molecule has 29 heavy (non-hydrogen) atoms. The summed E-state index contributed by atoms with van der Waals surface area (Å²) in [6.45, 7) is 5.46. The van der Waals surface area contributed by atoms with Crippen LogP contribution >= 0.6 is 11.3 Å². The third kappa shape index (κ3) is 5.21. The van der Waals surface area contributed by atoms with Crippen LogP contribution in [0.1, 0.15) is 35.7 Å². The van der Waals surface area contributed by atoms with Crippen molar-refractivity contribution in [1.29, 1.82) is 0 Å². The second-order valence-electron chi connectivity index (χ2n) is 7.41. The van der Waals surface area contributed by atoms with Crippen LogP contribution in [0.15, 0.2) is 36.7 Å². The maximum absolute atomic E-state index is 13.8. The minimum atomic E-state index is -0.606. The second kappa shape index (κ2) is 8.34. The molecule has 0 unspecified atom stereocenters. The Balaban J connectivity index is 1.62. The van der Waals surface area contributed by atoms with Crippen molar-refractivity contribution >= 4 is 17.2 Å². The van der Waals surface area contributed by atoms with Crippen LogP contribution in [-0.4, -0.2) is 15.9 Å². The lowest BCUT2D eigenvalue weighted by molar-refractivity contribution is -0.120. The van der Waals surface area contributed by atoms with E-state index in [-0.39, 0.29) is 17.9 Å². The topological polar surface area (TPSA) is 80.9 Å². The quantitative estimate of drug-likeness (QED) is 0.640. The Labute approximate surface area is 172 Å². The minimum Gasteiger partial charge on any atom is -0.352 e. The van der Waals surface area contributed by atoms with Gasteiger partial charge in [0.25, 0.3) is 0 Å². The highest BCUT2D eigenvalue weighted by Gasteiger charge is 2.16. The summed E-state index contributed by atoms with van der Waals surface area (Å²) in [5.41, 5.74) is 7.52. The van der Waals surface area contributed by atoms with Gasteiger partial charge in [-0.05, 0) is 56.2 Å². The lowest BCUT2D eigenvalue weighted by Gasteiger charge is -2.18. The summed E-state index contributed by atoms with van der Waals surface area (Å²) in [5.74, 6) is -1.41. The Kier molecular flexibility index (Phi) is 6.04. The molecule has 2 heterocycles. The van der Waals surface area contributed by atoms with E-state index in [4.69, 9.17) is 5.73 Å². The predicted octanol–water partition coefficient (Wildman–Crippen LogP) is 3.84. The number of nitrogens with one attached hydrogen (secondary N) is 1. The molecule has 1 aromatic carbocycles. The molecule has 8 heteroatoms. The first-order valence-electron chi connectivity index (χ1n) is 9.05. The summed E-state index contributed by atoms with van der Waals surface area (Å²) in [4.78, 5) is 21.3. The molecule has 0 aliphatic heterocycles. The molecule has 3 N–H and O–H groups in total. The largest absolute Gasteiger partial charge is 0.352 e. The fourth-order valence-corrected chi connectivity index (χ4v) is 3.55. The van der Waals surface area contributed by atoms with Gasteiger partial charge in [0.15, 0.2) is 0 Å². The number of nitrogens with two attached hydrogens (primary N) is 1. The molecule has 3 aromatic rings. The fourth-order valence-electron chi connectivity index (χ4n) is 2.65. The zero-order valence-electron chi connectivity index (χ0n) is 16.4. The zero-order chi connectivity index (χ0) is 21.2. The van der Waals surface area contributed by atoms with E-state index in [2.05, 4.69) is 15.3 Å². The number of aromatic nitrogens is 2. The molecule has 3 rings (SSSR count). The number of hydrogen-bond donors (Lipinski definition) is 2. The van der Waals surface area contributed by atoms with Crippen LogP contribution in [0.2, 0.25) is 0 Å². The summed E-state index contributed by atoms with van der Waals surface area (Å²) in [6, 6.07) is 6.23. The van der Waals surface area contributed by atoms with Crippen LogP contribution in [0.25, 0.3) is 10.4 Å². The van der Waals surface area contributed by atoms with Gasteiger partial charge in [0, 0.05) is 24.5 Å². The maximum Gasteiger partial charge on any atom is 0.227 e. The molecular formula is C21H22F2N4OS. The number of halogens is 2. The Morgan fingerprint density at radius 3 is 2.55 bits per heavy atom. The van der Waals surface area contributed by atoms with Crippen LogP contribution in [-0.2, 0) is 23.3 Å². The third-order valence-electron chi connectivity index (χ3n) is 4.40. The van der Waals surface area contributed by atoms with Gasteiger partial charge in [-0.2, -0.15) is 0 Å². The number of pyridine rings is 1. The van der Waals surface area contributed by atoms with Crippen molar-refractivity contribution in [2.75, 3.05) is 0 Å². The average Bonchev–Trinajstić information content (AvgIpc) is 3.12. The molecule has 0 saturated carbocycles. The van der Waals surface area contributed by atoms with Gasteiger partial charge in [-0.3, -0.25) is 9.78 Å². The van der Waals surface area contributed by atoms with E-state index < -0.39 is 17.2 Å². The number of carbonyl (C=O) groups excluding carboxylic acids is 1. The molecule has 0 bridgehead atoms. The molecule has 0 saturated heterocycles. The lowest BCUT2D eigenvalue weighted by atomic mass is 10.00.